The van der Waals surface area contributed by atoms with Gasteiger partial charge in [0.25, 0.3) is 5.56 Å². The van der Waals surface area contributed by atoms with Crippen LogP contribution in [0.5, 0.6) is 0 Å². The molecular formula is C25H25N7O2. The van der Waals surface area contributed by atoms with Crippen molar-refractivity contribution < 1.29 is 5.11 Å². The Morgan fingerprint density at radius 2 is 1.88 bits per heavy atom. The molecule has 0 saturated heterocycles. The zero-order valence-electron chi connectivity index (χ0n) is 19.2. The maximum Gasteiger partial charge on any atom is 0.251 e. The van der Waals surface area contributed by atoms with Crippen molar-refractivity contribution in [3.05, 3.63) is 82.0 Å². The van der Waals surface area contributed by atoms with Gasteiger partial charge in [-0.3, -0.25) is 9.48 Å². The van der Waals surface area contributed by atoms with Crippen molar-refractivity contribution in [1.82, 2.24) is 24.3 Å². The zero-order valence-corrected chi connectivity index (χ0v) is 19.2. The molecule has 0 aliphatic heterocycles. The molecule has 3 aromatic heterocycles. The zero-order chi connectivity index (χ0) is 24.5. The Morgan fingerprint density at radius 3 is 2.59 bits per heavy atom. The molecule has 0 saturated carbocycles. The molecule has 0 aliphatic rings. The number of aliphatic hydroxyl groups is 1. The molecule has 0 spiro atoms. The third-order valence-electron chi connectivity index (χ3n) is 5.34. The molecule has 0 atom stereocenters. The summed E-state index contributed by atoms with van der Waals surface area (Å²) in [6.45, 7) is 5.94. The molecule has 0 amide bonds. The Bertz CT molecular complexity index is 1460. The highest BCUT2D eigenvalue weighted by molar-refractivity contribution is 5.72. The lowest BCUT2D eigenvalue weighted by Gasteiger charge is -2.16. The minimum absolute atomic E-state index is 0.0794. The maximum atomic E-state index is 12.8. The first-order chi connectivity index (χ1) is 16.1. The molecule has 9 nitrogen and oxygen atoms in total. The number of nitrogens with two attached hydrogens (primary N) is 1. The lowest BCUT2D eigenvalue weighted by Crippen LogP contribution is -2.26. The lowest BCUT2D eigenvalue weighted by molar-refractivity contribution is 0.0576. The van der Waals surface area contributed by atoms with E-state index >= 15 is 0 Å². The third-order valence-corrected chi connectivity index (χ3v) is 5.34. The van der Waals surface area contributed by atoms with Crippen LogP contribution in [0.25, 0.3) is 22.5 Å². The Balaban J connectivity index is 1.63. The van der Waals surface area contributed by atoms with Gasteiger partial charge in [-0.1, -0.05) is 12.1 Å². The van der Waals surface area contributed by atoms with Gasteiger partial charge >= 0.3 is 0 Å². The van der Waals surface area contributed by atoms with Gasteiger partial charge in [0.1, 0.15) is 0 Å². The van der Waals surface area contributed by atoms with Crippen molar-refractivity contribution in [1.29, 1.82) is 5.26 Å². The topological polar surface area (TPSA) is 136 Å². The summed E-state index contributed by atoms with van der Waals surface area (Å²) < 4.78 is 3.20. The normalized spacial score (nSPS) is 11.4. The number of aromatic nitrogens is 5. The summed E-state index contributed by atoms with van der Waals surface area (Å²) in [5, 5.41) is 23.7. The van der Waals surface area contributed by atoms with Crippen LogP contribution in [0.2, 0.25) is 0 Å². The van der Waals surface area contributed by atoms with Crippen molar-refractivity contribution in [2.24, 2.45) is 0 Å². The number of nitrogen functional groups attached to an aromatic ring is 1. The number of anilines is 1. The second-order valence-corrected chi connectivity index (χ2v) is 8.79. The van der Waals surface area contributed by atoms with Gasteiger partial charge in [-0.05, 0) is 50.6 Å². The van der Waals surface area contributed by atoms with Gasteiger partial charge in [-0.2, -0.15) is 10.4 Å². The van der Waals surface area contributed by atoms with Crippen LogP contribution < -0.4 is 11.3 Å². The summed E-state index contributed by atoms with van der Waals surface area (Å²) in [7, 11) is 0. The van der Waals surface area contributed by atoms with Crippen LogP contribution in [0.1, 0.15) is 30.7 Å². The first-order valence-corrected chi connectivity index (χ1v) is 10.7. The molecular weight excluding hydrogens is 430 g/mol. The first-order valence-electron chi connectivity index (χ1n) is 10.7. The molecule has 3 N–H and O–H groups in total. The smallest absolute Gasteiger partial charge is 0.251 e. The molecule has 0 radical (unpaired) electrons. The second-order valence-electron chi connectivity index (χ2n) is 8.79. The number of hydrogen-bond donors (Lipinski definition) is 2. The summed E-state index contributed by atoms with van der Waals surface area (Å²) in [6.07, 6.45) is 3.47. The third kappa shape index (κ3) is 5.03. The van der Waals surface area contributed by atoms with Gasteiger partial charge in [-0.25, -0.2) is 9.97 Å². The summed E-state index contributed by atoms with van der Waals surface area (Å²) in [5.74, 6) is 0.0794. The average molecular weight is 456 g/mol. The number of rotatable bonds is 6. The number of hydrogen-bond acceptors (Lipinski definition) is 7. The van der Waals surface area contributed by atoms with Crippen LogP contribution in [0.4, 0.5) is 5.95 Å². The lowest BCUT2D eigenvalue weighted by atomic mass is 9.99. The molecule has 34 heavy (non-hydrogen) atoms. The number of benzene rings is 1. The van der Waals surface area contributed by atoms with E-state index in [-0.39, 0.29) is 11.5 Å². The monoisotopic (exact) mass is 455 g/mol. The average Bonchev–Trinajstić information content (AvgIpc) is 3.20. The molecule has 4 rings (SSSR count). The molecule has 0 bridgehead atoms. The van der Waals surface area contributed by atoms with E-state index < -0.39 is 5.60 Å². The van der Waals surface area contributed by atoms with Gasteiger partial charge in [-0.15, -0.1) is 0 Å². The van der Waals surface area contributed by atoms with E-state index in [0.717, 1.165) is 11.1 Å². The Labute approximate surface area is 196 Å². The van der Waals surface area contributed by atoms with E-state index in [1.54, 1.807) is 59.8 Å². The van der Waals surface area contributed by atoms with E-state index in [4.69, 9.17) is 5.73 Å². The van der Waals surface area contributed by atoms with Crippen LogP contribution in [-0.2, 0) is 13.1 Å². The highest BCUT2D eigenvalue weighted by Gasteiger charge is 2.15. The molecule has 3 heterocycles. The van der Waals surface area contributed by atoms with Crippen LogP contribution in [0, 0.1) is 18.3 Å². The number of nitriles is 1. The highest BCUT2D eigenvalue weighted by atomic mass is 16.3. The van der Waals surface area contributed by atoms with Crippen molar-refractivity contribution >= 4 is 5.95 Å². The van der Waals surface area contributed by atoms with Crippen molar-refractivity contribution in [2.45, 2.75) is 39.5 Å². The fourth-order valence-corrected chi connectivity index (χ4v) is 3.73. The standard InChI is InChI=1S/C25H25N7O2/c1-16-18(13-26)5-4-6-20(16)22-12-21(28-24(27)29-22)17-7-9-31(23(33)11-17)14-19-8-10-32(30-19)15-25(2,3)34/h4-12,34H,14-15H2,1-3H3,(H2,27,28,29). The maximum absolute atomic E-state index is 12.8. The molecule has 9 heteroatoms. The Morgan fingerprint density at radius 1 is 1.12 bits per heavy atom. The van der Waals surface area contributed by atoms with E-state index in [2.05, 4.69) is 21.1 Å². The predicted octanol–water partition coefficient (Wildman–Crippen LogP) is 2.75. The van der Waals surface area contributed by atoms with E-state index in [0.29, 0.717) is 41.3 Å². The van der Waals surface area contributed by atoms with Crippen molar-refractivity contribution in [2.75, 3.05) is 5.73 Å². The molecule has 0 fully saturated rings. The molecule has 172 valence electrons. The quantitative estimate of drug-likeness (QED) is 0.456. The minimum atomic E-state index is -0.880. The fourth-order valence-electron chi connectivity index (χ4n) is 3.73. The van der Waals surface area contributed by atoms with Gasteiger partial charge in [0.05, 0.1) is 47.4 Å². The van der Waals surface area contributed by atoms with Crippen LogP contribution in [0.3, 0.4) is 0 Å². The second kappa shape index (κ2) is 8.92. The Hall–Kier alpha value is -4.29. The summed E-state index contributed by atoms with van der Waals surface area (Å²) in [4.78, 5) is 21.5. The van der Waals surface area contributed by atoms with Gasteiger partial charge < -0.3 is 15.4 Å². The van der Waals surface area contributed by atoms with E-state index in [1.165, 1.54) is 6.07 Å². The van der Waals surface area contributed by atoms with Crippen molar-refractivity contribution in [3.63, 3.8) is 0 Å². The van der Waals surface area contributed by atoms with E-state index in [1.807, 2.05) is 19.1 Å². The number of nitrogens with zero attached hydrogens (tertiary/aromatic N) is 6. The van der Waals surface area contributed by atoms with Crippen LogP contribution >= 0.6 is 0 Å². The van der Waals surface area contributed by atoms with Crippen LogP contribution in [0.15, 0.2) is 59.7 Å². The molecule has 0 aliphatic carbocycles. The van der Waals surface area contributed by atoms with Gasteiger partial charge in [0.15, 0.2) is 0 Å². The summed E-state index contributed by atoms with van der Waals surface area (Å²) >= 11 is 0. The predicted molar refractivity (Wildman–Crippen MR) is 129 cm³/mol. The first kappa shape index (κ1) is 22.9. The molecule has 0 unspecified atom stereocenters. The largest absolute Gasteiger partial charge is 0.389 e. The van der Waals surface area contributed by atoms with Gasteiger partial charge in [0.2, 0.25) is 5.95 Å². The fraction of sp³-hybridized carbons (Fsp3) is 0.240. The summed E-state index contributed by atoms with van der Waals surface area (Å²) in [6, 6.07) is 14.5. The van der Waals surface area contributed by atoms with Crippen molar-refractivity contribution in [3.8, 4) is 28.6 Å². The highest BCUT2D eigenvalue weighted by Crippen LogP contribution is 2.27. The SMILES string of the molecule is Cc1c(C#N)cccc1-c1cc(-c2ccn(Cc3ccn(CC(C)(C)O)n3)c(=O)c2)nc(N)n1. The Kier molecular flexibility index (Phi) is 6.01. The summed E-state index contributed by atoms with van der Waals surface area (Å²) in [5.41, 5.74) is 9.44. The van der Waals surface area contributed by atoms with Crippen LogP contribution in [-0.4, -0.2) is 35.0 Å². The molecule has 1 aromatic carbocycles. The minimum Gasteiger partial charge on any atom is -0.389 e. The number of pyridine rings is 1. The van der Waals surface area contributed by atoms with Gasteiger partial charge in [0, 0.05) is 29.6 Å². The molecule has 4 aromatic rings. The van der Waals surface area contributed by atoms with E-state index in [9.17, 15) is 15.2 Å².